The number of hydrogen-bond acceptors (Lipinski definition) is 3. The Kier molecular flexibility index (Phi) is 2.20. The van der Waals surface area contributed by atoms with Gasteiger partial charge in [0.2, 0.25) is 0 Å². The van der Waals surface area contributed by atoms with Crippen LogP contribution in [-0.4, -0.2) is 42.1 Å². The number of aromatic amines is 1. The molecule has 1 aliphatic carbocycles. The third-order valence-electron chi connectivity index (χ3n) is 4.91. The molecule has 2 fully saturated rings. The van der Waals surface area contributed by atoms with Gasteiger partial charge in [-0.05, 0) is 19.3 Å². The van der Waals surface area contributed by atoms with E-state index in [2.05, 4.69) is 15.2 Å². The summed E-state index contributed by atoms with van der Waals surface area (Å²) in [6.07, 6.45) is 4.93. The smallest absolute Gasteiger partial charge is 0.185 e. The van der Waals surface area contributed by atoms with E-state index in [4.69, 9.17) is 0 Å². The van der Waals surface area contributed by atoms with Gasteiger partial charge in [0.25, 0.3) is 0 Å². The summed E-state index contributed by atoms with van der Waals surface area (Å²) in [7, 11) is 0. The van der Waals surface area contributed by atoms with Crippen LogP contribution in [0.2, 0.25) is 0 Å². The third-order valence-corrected chi connectivity index (χ3v) is 4.91. The predicted octanol–water partition coefficient (Wildman–Crippen LogP) is 0.137. The van der Waals surface area contributed by atoms with Crippen LogP contribution >= 0.6 is 0 Å². The summed E-state index contributed by atoms with van der Waals surface area (Å²) in [5.74, 6) is 0. The summed E-state index contributed by atoms with van der Waals surface area (Å²) in [4.78, 5) is 17.7. The molecule has 0 radical (unpaired) electrons. The molecule has 4 heteroatoms. The van der Waals surface area contributed by atoms with E-state index < -0.39 is 0 Å². The van der Waals surface area contributed by atoms with Crippen molar-refractivity contribution >= 4 is 0 Å². The molecular weight excluding hydrogens is 226 g/mol. The van der Waals surface area contributed by atoms with Gasteiger partial charge in [0.05, 0.1) is 0 Å². The molecular formula is C14H19N3O. The lowest BCUT2D eigenvalue weighted by molar-refractivity contribution is -0.0675. The summed E-state index contributed by atoms with van der Waals surface area (Å²) in [5.41, 5.74) is 3.00. The number of likely N-dealkylation sites (tertiary alicyclic amines) is 1. The number of H-pyrrole nitrogens is 1. The van der Waals surface area contributed by atoms with E-state index in [1.165, 1.54) is 38.3 Å². The van der Waals surface area contributed by atoms with Gasteiger partial charge in [0, 0.05) is 61.2 Å². The molecule has 0 aromatic carbocycles. The minimum absolute atomic E-state index is 0.217. The molecule has 0 bridgehead atoms. The maximum atomic E-state index is 11.9. The van der Waals surface area contributed by atoms with Crippen molar-refractivity contribution in [2.45, 2.75) is 25.3 Å². The first-order chi connectivity index (χ1) is 8.76. The Hall–Kier alpha value is -1.13. The first-order valence-electron chi connectivity index (χ1n) is 6.90. The van der Waals surface area contributed by atoms with E-state index in [9.17, 15) is 4.79 Å². The highest BCUT2D eigenvalue weighted by atomic mass is 16.1. The molecule has 18 heavy (non-hydrogen) atoms. The first kappa shape index (κ1) is 10.8. The minimum atomic E-state index is 0.217. The van der Waals surface area contributed by atoms with Gasteiger partial charge < -0.3 is 10.3 Å². The van der Waals surface area contributed by atoms with Gasteiger partial charge in [0.15, 0.2) is 5.43 Å². The number of nitrogens with zero attached hydrogens (tertiary/aromatic N) is 1. The second kappa shape index (κ2) is 3.68. The Bertz CT molecular complexity index is 524. The highest BCUT2D eigenvalue weighted by Gasteiger charge is 2.49. The van der Waals surface area contributed by atoms with Crippen molar-refractivity contribution in [2.75, 3.05) is 26.2 Å². The topological polar surface area (TPSA) is 48.1 Å². The van der Waals surface area contributed by atoms with Crippen LogP contribution in [-0.2, 0) is 12.8 Å². The van der Waals surface area contributed by atoms with Gasteiger partial charge in [0.1, 0.15) is 0 Å². The van der Waals surface area contributed by atoms with Crippen LogP contribution in [0.15, 0.2) is 17.1 Å². The number of rotatable bonds is 1. The Labute approximate surface area is 106 Å². The van der Waals surface area contributed by atoms with Gasteiger partial charge in [-0.2, -0.15) is 0 Å². The number of nitrogens with one attached hydrogen (secondary N) is 2. The maximum absolute atomic E-state index is 11.9. The number of aromatic nitrogens is 1. The molecule has 0 amide bonds. The van der Waals surface area contributed by atoms with Gasteiger partial charge in [-0.1, -0.05) is 0 Å². The predicted molar refractivity (Wildman–Crippen MR) is 69.8 cm³/mol. The van der Waals surface area contributed by atoms with Gasteiger partial charge >= 0.3 is 0 Å². The van der Waals surface area contributed by atoms with Crippen LogP contribution in [0.5, 0.6) is 0 Å². The van der Waals surface area contributed by atoms with Crippen molar-refractivity contribution in [3.63, 3.8) is 0 Å². The van der Waals surface area contributed by atoms with E-state index in [-0.39, 0.29) is 5.43 Å². The first-order valence-corrected chi connectivity index (χ1v) is 6.90. The average Bonchev–Trinajstić information content (AvgIpc) is 2.26. The van der Waals surface area contributed by atoms with E-state index in [0.29, 0.717) is 11.5 Å². The minimum Gasteiger partial charge on any atom is -0.365 e. The summed E-state index contributed by atoms with van der Waals surface area (Å²) >= 11 is 0. The molecule has 2 N–H and O–H groups in total. The number of aryl methyl sites for hydroxylation is 1. The quantitative estimate of drug-likeness (QED) is 0.740. The van der Waals surface area contributed by atoms with Crippen LogP contribution < -0.4 is 10.7 Å². The molecule has 1 aromatic heterocycles. The fourth-order valence-electron chi connectivity index (χ4n) is 3.74. The fraction of sp³-hybridized carbons (Fsp3) is 0.643. The van der Waals surface area contributed by atoms with Crippen molar-refractivity contribution in [1.29, 1.82) is 0 Å². The Morgan fingerprint density at radius 1 is 1.33 bits per heavy atom. The molecule has 1 atom stereocenters. The lowest BCUT2D eigenvalue weighted by Crippen LogP contribution is -2.72. The number of fused-ring (bicyclic) bond motifs is 1. The zero-order valence-corrected chi connectivity index (χ0v) is 10.5. The Morgan fingerprint density at radius 3 is 2.89 bits per heavy atom. The largest absolute Gasteiger partial charge is 0.365 e. The molecule has 2 saturated heterocycles. The Morgan fingerprint density at radius 2 is 2.17 bits per heavy atom. The highest BCUT2D eigenvalue weighted by Crippen LogP contribution is 2.37. The van der Waals surface area contributed by atoms with Crippen LogP contribution in [0, 0.1) is 5.41 Å². The molecule has 1 aromatic rings. The monoisotopic (exact) mass is 245 g/mol. The molecule has 96 valence electrons. The SMILES string of the molecule is O=c1cc[nH]c2c1CC(N1CC3(CNC3)C1)CC2. The van der Waals surface area contributed by atoms with E-state index >= 15 is 0 Å². The maximum Gasteiger partial charge on any atom is 0.185 e. The lowest BCUT2D eigenvalue weighted by atomic mass is 9.72. The van der Waals surface area contributed by atoms with Crippen molar-refractivity contribution in [2.24, 2.45) is 5.41 Å². The molecule has 1 unspecified atom stereocenters. The molecule has 3 heterocycles. The second-order valence-corrected chi connectivity index (χ2v) is 6.20. The normalized spacial score (nSPS) is 29.4. The summed E-state index contributed by atoms with van der Waals surface area (Å²) < 4.78 is 0. The fourth-order valence-corrected chi connectivity index (χ4v) is 3.74. The average molecular weight is 245 g/mol. The molecule has 4 nitrogen and oxygen atoms in total. The Balaban J connectivity index is 1.50. The number of pyridine rings is 1. The van der Waals surface area contributed by atoms with Crippen molar-refractivity contribution in [3.8, 4) is 0 Å². The summed E-state index contributed by atoms with van der Waals surface area (Å²) in [6, 6.07) is 2.25. The summed E-state index contributed by atoms with van der Waals surface area (Å²) in [5, 5.41) is 3.37. The van der Waals surface area contributed by atoms with Crippen LogP contribution in [0.25, 0.3) is 0 Å². The molecule has 1 spiro atoms. The summed E-state index contributed by atoms with van der Waals surface area (Å²) in [6.45, 7) is 4.83. The zero-order chi connectivity index (χ0) is 12.2. The van der Waals surface area contributed by atoms with Crippen LogP contribution in [0.1, 0.15) is 17.7 Å². The van der Waals surface area contributed by atoms with Crippen LogP contribution in [0.4, 0.5) is 0 Å². The van der Waals surface area contributed by atoms with E-state index in [1.807, 2.05) is 0 Å². The van der Waals surface area contributed by atoms with Crippen LogP contribution in [0.3, 0.4) is 0 Å². The lowest BCUT2D eigenvalue weighted by Gasteiger charge is -2.59. The van der Waals surface area contributed by atoms with E-state index in [1.54, 1.807) is 12.3 Å². The highest BCUT2D eigenvalue weighted by molar-refractivity contribution is 5.25. The van der Waals surface area contributed by atoms with Gasteiger partial charge in [-0.15, -0.1) is 0 Å². The van der Waals surface area contributed by atoms with Crippen molar-refractivity contribution < 1.29 is 0 Å². The van der Waals surface area contributed by atoms with E-state index in [0.717, 1.165) is 18.4 Å². The number of hydrogen-bond donors (Lipinski definition) is 2. The molecule has 0 saturated carbocycles. The molecule has 4 rings (SSSR count). The molecule has 3 aliphatic rings. The zero-order valence-electron chi connectivity index (χ0n) is 10.5. The molecule has 2 aliphatic heterocycles. The van der Waals surface area contributed by atoms with Crippen molar-refractivity contribution in [1.82, 2.24) is 15.2 Å². The standard InChI is InChI=1S/C14H19N3O/c18-13-3-4-16-12-2-1-10(5-11(12)13)17-8-14(9-17)6-15-7-14/h3-4,10,15H,1-2,5-9H2,(H,16,18). The third kappa shape index (κ3) is 1.49. The van der Waals surface area contributed by atoms with Gasteiger partial charge in [-0.3, -0.25) is 9.69 Å². The second-order valence-electron chi connectivity index (χ2n) is 6.20. The van der Waals surface area contributed by atoms with Crippen molar-refractivity contribution in [3.05, 3.63) is 33.7 Å². The van der Waals surface area contributed by atoms with Gasteiger partial charge in [-0.25, -0.2) is 0 Å².